The Balaban J connectivity index is 1.56. The lowest BCUT2D eigenvalue weighted by Gasteiger charge is -2.09. The summed E-state index contributed by atoms with van der Waals surface area (Å²) in [7, 11) is 0. The van der Waals surface area contributed by atoms with Gasteiger partial charge in [0.1, 0.15) is 5.82 Å². The van der Waals surface area contributed by atoms with Gasteiger partial charge in [0.2, 0.25) is 11.7 Å². The lowest BCUT2D eigenvalue weighted by atomic mass is 10.2. The number of hydrogen-bond acceptors (Lipinski definition) is 4. The van der Waals surface area contributed by atoms with Gasteiger partial charge in [-0.2, -0.15) is 4.98 Å². The van der Waals surface area contributed by atoms with Gasteiger partial charge >= 0.3 is 0 Å². The fraction of sp³-hybridized carbons (Fsp3) is 0.118. The van der Waals surface area contributed by atoms with Crippen molar-refractivity contribution in [1.82, 2.24) is 15.5 Å². The van der Waals surface area contributed by atoms with Crippen LogP contribution in [0.15, 0.2) is 53.1 Å². The standard InChI is InChI=1S/C17H15FN4OS/c1-11-7-8-13(9-14(11)18)20-17(24)19-10-15-21-16(22-23-15)12-5-3-2-4-6-12/h2-9H,10H2,1H3,(H2,19,20,24). The van der Waals surface area contributed by atoms with Gasteiger partial charge < -0.3 is 15.2 Å². The predicted octanol–water partition coefficient (Wildman–Crippen LogP) is 3.67. The van der Waals surface area contributed by atoms with E-state index in [4.69, 9.17) is 16.7 Å². The minimum Gasteiger partial charge on any atom is -0.353 e. The maximum absolute atomic E-state index is 13.5. The minimum absolute atomic E-state index is 0.278. The van der Waals surface area contributed by atoms with Crippen molar-refractivity contribution in [2.45, 2.75) is 13.5 Å². The third kappa shape index (κ3) is 3.94. The molecule has 7 heteroatoms. The number of nitrogens with one attached hydrogen (secondary N) is 2. The lowest BCUT2D eigenvalue weighted by molar-refractivity contribution is 0.376. The second-order valence-electron chi connectivity index (χ2n) is 5.15. The van der Waals surface area contributed by atoms with Crippen LogP contribution < -0.4 is 10.6 Å². The molecule has 0 bridgehead atoms. The molecule has 2 N–H and O–H groups in total. The first-order chi connectivity index (χ1) is 11.6. The Morgan fingerprint density at radius 3 is 2.75 bits per heavy atom. The summed E-state index contributed by atoms with van der Waals surface area (Å²) < 4.78 is 18.7. The van der Waals surface area contributed by atoms with Crippen molar-refractivity contribution in [3.8, 4) is 11.4 Å². The average molecular weight is 342 g/mol. The zero-order valence-corrected chi connectivity index (χ0v) is 13.7. The molecular weight excluding hydrogens is 327 g/mol. The molecule has 0 aliphatic rings. The first-order valence-corrected chi connectivity index (χ1v) is 7.71. The van der Waals surface area contributed by atoms with Gasteiger partial charge in [0.25, 0.3) is 0 Å². The van der Waals surface area contributed by atoms with Gasteiger partial charge in [-0.15, -0.1) is 0 Å². The molecule has 0 aliphatic heterocycles. The summed E-state index contributed by atoms with van der Waals surface area (Å²) in [6.07, 6.45) is 0. The van der Waals surface area contributed by atoms with E-state index in [1.54, 1.807) is 19.1 Å². The molecule has 0 aliphatic carbocycles. The molecule has 0 saturated carbocycles. The fourth-order valence-corrected chi connectivity index (χ4v) is 2.22. The number of rotatable bonds is 4. The van der Waals surface area contributed by atoms with E-state index in [0.29, 0.717) is 28.1 Å². The van der Waals surface area contributed by atoms with Gasteiger partial charge in [-0.3, -0.25) is 0 Å². The van der Waals surface area contributed by atoms with Crippen molar-refractivity contribution < 1.29 is 8.91 Å². The van der Waals surface area contributed by atoms with Gasteiger partial charge in [0.15, 0.2) is 5.11 Å². The Labute approximate surface area is 143 Å². The van der Waals surface area contributed by atoms with Crippen molar-refractivity contribution in [2.24, 2.45) is 0 Å². The molecule has 1 heterocycles. The molecule has 3 aromatic rings. The molecule has 24 heavy (non-hydrogen) atoms. The summed E-state index contributed by atoms with van der Waals surface area (Å²) in [4.78, 5) is 4.30. The molecule has 0 radical (unpaired) electrons. The zero-order chi connectivity index (χ0) is 16.9. The summed E-state index contributed by atoms with van der Waals surface area (Å²) >= 11 is 5.18. The van der Waals surface area contributed by atoms with Crippen molar-refractivity contribution in [1.29, 1.82) is 0 Å². The fourth-order valence-electron chi connectivity index (χ4n) is 2.03. The number of aromatic nitrogens is 2. The molecule has 122 valence electrons. The summed E-state index contributed by atoms with van der Waals surface area (Å²) in [6.45, 7) is 1.98. The van der Waals surface area contributed by atoms with E-state index in [-0.39, 0.29) is 12.4 Å². The average Bonchev–Trinajstić information content (AvgIpc) is 3.06. The smallest absolute Gasteiger partial charge is 0.246 e. The SMILES string of the molecule is Cc1ccc(NC(=S)NCc2nc(-c3ccccc3)no2)cc1F. The van der Waals surface area contributed by atoms with E-state index >= 15 is 0 Å². The van der Waals surface area contributed by atoms with Crippen LogP contribution in [0.1, 0.15) is 11.5 Å². The van der Waals surface area contributed by atoms with Crippen LogP contribution in [0.2, 0.25) is 0 Å². The molecule has 0 unspecified atom stereocenters. The van der Waals surface area contributed by atoms with E-state index in [2.05, 4.69) is 20.8 Å². The molecular formula is C17H15FN4OS. The number of thiocarbonyl (C=S) groups is 1. The zero-order valence-electron chi connectivity index (χ0n) is 12.9. The number of halogens is 1. The number of benzene rings is 2. The van der Waals surface area contributed by atoms with E-state index in [1.807, 2.05) is 30.3 Å². The highest BCUT2D eigenvalue weighted by atomic mass is 32.1. The Morgan fingerprint density at radius 2 is 2.00 bits per heavy atom. The van der Waals surface area contributed by atoms with Crippen LogP contribution in [0.4, 0.5) is 10.1 Å². The van der Waals surface area contributed by atoms with E-state index in [9.17, 15) is 4.39 Å². The minimum atomic E-state index is -0.285. The largest absolute Gasteiger partial charge is 0.353 e. The van der Waals surface area contributed by atoms with Gasteiger partial charge in [0, 0.05) is 11.3 Å². The molecule has 0 amide bonds. The van der Waals surface area contributed by atoms with Crippen molar-refractivity contribution in [2.75, 3.05) is 5.32 Å². The molecule has 2 aromatic carbocycles. The molecule has 0 spiro atoms. The first kappa shape index (κ1) is 16.1. The van der Waals surface area contributed by atoms with Crippen LogP contribution >= 0.6 is 12.2 Å². The number of anilines is 1. The Kier molecular flexibility index (Phi) is 4.81. The molecule has 3 rings (SSSR count). The van der Waals surface area contributed by atoms with Crippen LogP contribution in [0.3, 0.4) is 0 Å². The monoisotopic (exact) mass is 342 g/mol. The highest BCUT2D eigenvalue weighted by molar-refractivity contribution is 7.80. The molecule has 0 fully saturated rings. The Hall–Kier alpha value is -2.80. The lowest BCUT2D eigenvalue weighted by Crippen LogP contribution is -2.28. The van der Waals surface area contributed by atoms with E-state index in [1.165, 1.54) is 6.07 Å². The molecule has 0 atom stereocenters. The van der Waals surface area contributed by atoms with Crippen LogP contribution in [-0.4, -0.2) is 15.3 Å². The maximum atomic E-state index is 13.5. The summed E-state index contributed by atoms with van der Waals surface area (Å²) in [5, 5.41) is 10.1. The van der Waals surface area contributed by atoms with Crippen molar-refractivity contribution in [3.05, 3.63) is 65.8 Å². The second kappa shape index (κ2) is 7.18. The number of nitrogens with zero attached hydrogens (tertiary/aromatic N) is 2. The topological polar surface area (TPSA) is 63.0 Å². The van der Waals surface area contributed by atoms with E-state index in [0.717, 1.165) is 5.56 Å². The van der Waals surface area contributed by atoms with Crippen LogP contribution in [0, 0.1) is 12.7 Å². The Bertz CT molecular complexity index is 851. The van der Waals surface area contributed by atoms with Crippen molar-refractivity contribution >= 4 is 23.0 Å². The van der Waals surface area contributed by atoms with Crippen LogP contribution in [-0.2, 0) is 6.54 Å². The van der Waals surface area contributed by atoms with Gasteiger partial charge in [-0.05, 0) is 36.8 Å². The highest BCUT2D eigenvalue weighted by Gasteiger charge is 2.09. The van der Waals surface area contributed by atoms with Gasteiger partial charge in [-0.1, -0.05) is 41.6 Å². The van der Waals surface area contributed by atoms with Gasteiger partial charge in [-0.25, -0.2) is 4.39 Å². The molecule has 5 nitrogen and oxygen atoms in total. The molecule has 1 aromatic heterocycles. The third-order valence-electron chi connectivity index (χ3n) is 3.33. The number of hydrogen-bond donors (Lipinski definition) is 2. The number of aryl methyl sites for hydroxylation is 1. The van der Waals surface area contributed by atoms with Gasteiger partial charge in [0.05, 0.1) is 6.54 Å². The van der Waals surface area contributed by atoms with Crippen molar-refractivity contribution in [3.63, 3.8) is 0 Å². The van der Waals surface area contributed by atoms with E-state index < -0.39 is 0 Å². The predicted molar refractivity (Wildman–Crippen MR) is 93.9 cm³/mol. The Morgan fingerprint density at radius 1 is 1.21 bits per heavy atom. The highest BCUT2D eigenvalue weighted by Crippen LogP contribution is 2.15. The summed E-state index contributed by atoms with van der Waals surface area (Å²) in [5.74, 6) is 0.646. The maximum Gasteiger partial charge on any atom is 0.246 e. The second-order valence-corrected chi connectivity index (χ2v) is 5.56. The summed E-state index contributed by atoms with van der Waals surface area (Å²) in [5.41, 5.74) is 2.04. The summed E-state index contributed by atoms with van der Waals surface area (Å²) in [6, 6.07) is 14.4. The molecule has 0 saturated heterocycles. The first-order valence-electron chi connectivity index (χ1n) is 7.31. The van der Waals surface area contributed by atoms with Crippen LogP contribution in [0.5, 0.6) is 0 Å². The normalized spacial score (nSPS) is 10.4. The van der Waals surface area contributed by atoms with Crippen LogP contribution in [0.25, 0.3) is 11.4 Å². The third-order valence-corrected chi connectivity index (χ3v) is 3.58. The quantitative estimate of drug-likeness (QED) is 0.706.